The summed E-state index contributed by atoms with van der Waals surface area (Å²) in [5, 5.41) is 7.82. The lowest BCUT2D eigenvalue weighted by Crippen LogP contribution is -1.88. The van der Waals surface area contributed by atoms with Crippen molar-refractivity contribution in [1.29, 1.82) is 0 Å². The van der Waals surface area contributed by atoms with Crippen LogP contribution in [-0.4, -0.2) is 9.13 Å². The first-order valence-corrected chi connectivity index (χ1v) is 9.00. The molecule has 6 rings (SSSR count). The van der Waals surface area contributed by atoms with Crippen LogP contribution in [0.2, 0.25) is 0 Å². The van der Waals surface area contributed by atoms with Gasteiger partial charge in [0.05, 0.1) is 22.1 Å². The van der Waals surface area contributed by atoms with Crippen LogP contribution < -0.4 is 0 Å². The number of rotatable bonds is 0. The lowest BCUT2D eigenvalue weighted by atomic mass is 10.1. The molecule has 0 atom stereocenters. The van der Waals surface area contributed by atoms with E-state index in [0.29, 0.717) is 0 Å². The average Bonchev–Trinajstić information content (AvgIpc) is 3.12. The van der Waals surface area contributed by atoms with Crippen molar-refractivity contribution < 1.29 is 0 Å². The van der Waals surface area contributed by atoms with Crippen LogP contribution in [0.1, 0.15) is 0 Å². The van der Waals surface area contributed by atoms with Gasteiger partial charge in [0.2, 0.25) is 0 Å². The summed E-state index contributed by atoms with van der Waals surface area (Å²) in [6, 6.07) is 26.5. The second kappa shape index (κ2) is 4.67. The van der Waals surface area contributed by atoms with Crippen molar-refractivity contribution in [1.82, 2.24) is 9.13 Å². The number of fused-ring (bicyclic) bond motifs is 7. The molecular weight excluding hydrogens is 316 g/mol. The lowest BCUT2D eigenvalue weighted by molar-refractivity contribution is 1.01. The molecule has 0 saturated heterocycles. The van der Waals surface area contributed by atoms with Crippen LogP contribution in [0.15, 0.2) is 72.8 Å². The summed E-state index contributed by atoms with van der Waals surface area (Å²) in [5.74, 6) is 0. The number of aryl methyl sites for hydroxylation is 2. The second-order valence-corrected chi connectivity index (χ2v) is 7.25. The van der Waals surface area contributed by atoms with E-state index in [1.165, 1.54) is 54.4 Å². The molecule has 124 valence electrons. The van der Waals surface area contributed by atoms with Crippen LogP contribution in [0, 0.1) is 0 Å². The Kier molecular flexibility index (Phi) is 2.51. The number of nitrogens with zero attached hydrogens (tertiary/aromatic N) is 2. The molecule has 0 unspecified atom stereocenters. The van der Waals surface area contributed by atoms with Gasteiger partial charge in [-0.2, -0.15) is 0 Å². The minimum atomic E-state index is 1.29. The number of benzene rings is 4. The summed E-state index contributed by atoms with van der Waals surface area (Å²) in [6.45, 7) is 0. The van der Waals surface area contributed by atoms with E-state index in [2.05, 4.69) is 96.0 Å². The first kappa shape index (κ1) is 14.0. The van der Waals surface area contributed by atoms with E-state index >= 15 is 0 Å². The van der Waals surface area contributed by atoms with Gasteiger partial charge >= 0.3 is 0 Å². The fourth-order valence-electron chi connectivity index (χ4n) is 4.57. The van der Waals surface area contributed by atoms with Crippen molar-refractivity contribution in [3.63, 3.8) is 0 Å². The standard InChI is InChI=1S/C24H18N2/c1-25-21-13-17-9-5-3-7-15(17)11-19(21)24-23(25)20-12-16-8-4-6-10-18(16)14-22(20)26(24)2/h3-14H,1-2H3. The van der Waals surface area contributed by atoms with Crippen LogP contribution in [0.5, 0.6) is 0 Å². The molecule has 4 aromatic carbocycles. The van der Waals surface area contributed by atoms with E-state index in [1.807, 2.05) is 0 Å². The molecule has 0 aliphatic heterocycles. The molecule has 2 heteroatoms. The molecule has 0 radical (unpaired) electrons. The summed E-state index contributed by atoms with van der Waals surface area (Å²) in [4.78, 5) is 0. The van der Waals surface area contributed by atoms with E-state index in [-0.39, 0.29) is 0 Å². The molecule has 0 spiro atoms. The lowest BCUT2D eigenvalue weighted by Gasteiger charge is -2.05. The fourth-order valence-corrected chi connectivity index (χ4v) is 4.57. The highest BCUT2D eigenvalue weighted by Gasteiger charge is 2.17. The molecule has 0 bridgehead atoms. The van der Waals surface area contributed by atoms with E-state index < -0.39 is 0 Å². The van der Waals surface area contributed by atoms with Gasteiger partial charge in [0.25, 0.3) is 0 Å². The Hall–Kier alpha value is -3.26. The third-order valence-corrected chi connectivity index (χ3v) is 5.86. The summed E-state index contributed by atoms with van der Waals surface area (Å²) >= 11 is 0. The maximum absolute atomic E-state index is 2.36. The van der Waals surface area contributed by atoms with Gasteiger partial charge in [0.1, 0.15) is 0 Å². The van der Waals surface area contributed by atoms with Crippen molar-refractivity contribution in [2.24, 2.45) is 14.1 Å². The third kappa shape index (κ3) is 1.62. The van der Waals surface area contributed by atoms with Crippen molar-refractivity contribution in [3.8, 4) is 0 Å². The highest BCUT2D eigenvalue weighted by atomic mass is 15.0. The van der Waals surface area contributed by atoms with Crippen molar-refractivity contribution in [2.45, 2.75) is 0 Å². The van der Waals surface area contributed by atoms with Gasteiger partial charge in [-0.25, -0.2) is 0 Å². The van der Waals surface area contributed by atoms with Crippen molar-refractivity contribution in [3.05, 3.63) is 72.8 Å². The van der Waals surface area contributed by atoms with Crippen LogP contribution >= 0.6 is 0 Å². The monoisotopic (exact) mass is 334 g/mol. The average molecular weight is 334 g/mol. The number of hydrogen-bond donors (Lipinski definition) is 0. The summed E-state index contributed by atoms with van der Waals surface area (Å²) < 4.78 is 4.71. The first-order chi connectivity index (χ1) is 12.7. The van der Waals surface area contributed by atoms with E-state index in [9.17, 15) is 0 Å². The third-order valence-electron chi connectivity index (χ3n) is 5.86. The zero-order valence-corrected chi connectivity index (χ0v) is 14.8. The van der Waals surface area contributed by atoms with E-state index in [4.69, 9.17) is 0 Å². The SMILES string of the molecule is Cn1c2cc3ccccc3cc2c2c1c1cc3ccccc3cc1n2C. The largest absolute Gasteiger partial charge is 0.342 e. The van der Waals surface area contributed by atoms with Crippen LogP contribution in [-0.2, 0) is 14.1 Å². The predicted molar refractivity (Wildman–Crippen MR) is 112 cm³/mol. The summed E-state index contributed by atoms with van der Waals surface area (Å²) in [6.07, 6.45) is 0. The summed E-state index contributed by atoms with van der Waals surface area (Å²) in [5.41, 5.74) is 5.22. The molecule has 0 fully saturated rings. The predicted octanol–water partition coefficient (Wildman–Crippen LogP) is 6.13. The molecule has 2 heterocycles. The van der Waals surface area contributed by atoms with Gasteiger partial charge in [0.15, 0.2) is 0 Å². The molecule has 0 amide bonds. The maximum Gasteiger partial charge on any atom is 0.0751 e. The topological polar surface area (TPSA) is 9.86 Å². The quantitative estimate of drug-likeness (QED) is 0.316. The van der Waals surface area contributed by atoms with Gasteiger partial charge in [-0.15, -0.1) is 0 Å². The maximum atomic E-state index is 2.36. The van der Waals surface area contributed by atoms with Crippen LogP contribution in [0.25, 0.3) is 54.4 Å². The minimum absolute atomic E-state index is 1.29. The molecule has 26 heavy (non-hydrogen) atoms. The second-order valence-electron chi connectivity index (χ2n) is 7.25. The highest BCUT2D eigenvalue weighted by molar-refractivity contribution is 6.21. The molecule has 2 nitrogen and oxygen atoms in total. The Morgan fingerprint density at radius 3 is 1.23 bits per heavy atom. The van der Waals surface area contributed by atoms with Crippen molar-refractivity contribution >= 4 is 54.4 Å². The smallest absolute Gasteiger partial charge is 0.0751 e. The Morgan fingerprint density at radius 2 is 0.846 bits per heavy atom. The molecular formula is C24H18N2. The van der Waals surface area contributed by atoms with Gasteiger partial charge in [-0.3, -0.25) is 0 Å². The fraction of sp³-hybridized carbons (Fsp3) is 0.0833. The van der Waals surface area contributed by atoms with E-state index in [0.717, 1.165) is 0 Å². The van der Waals surface area contributed by atoms with Gasteiger partial charge in [0, 0.05) is 24.9 Å². The molecule has 0 aliphatic rings. The van der Waals surface area contributed by atoms with Gasteiger partial charge in [-0.05, 0) is 45.8 Å². The normalized spacial score (nSPS) is 12.2. The zero-order chi connectivity index (χ0) is 17.4. The Labute approximate surface area is 150 Å². The van der Waals surface area contributed by atoms with Crippen molar-refractivity contribution in [2.75, 3.05) is 0 Å². The van der Waals surface area contributed by atoms with Gasteiger partial charge < -0.3 is 9.13 Å². The molecule has 2 aromatic heterocycles. The number of hydrogen-bond acceptors (Lipinski definition) is 0. The summed E-state index contributed by atoms with van der Waals surface area (Å²) in [7, 11) is 4.38. The van der Waals surface area contributed by atoms with E-state index in [1.54, 1.807) is 0 Å². The zero-order valence-electron chi connectivity index (χ0n) is 14.8. The molecule has 0 saturated carbocycles. The van der Waals surface area contributed by atoms with Crippen LogP contribution in [0.4, 0.5) is 0 Å². The minimum Gasteiger partial charge on any atom is -0.342 e. The number of aromatic nitrogens is 2. The Bertz CT molecular complexity index is 1380. The highest BCUT2D eigenvalue weighted by Crippen LogP contribution is 2.38. The molecule has 0 aliphatic carbocycles. The Balaban J connectivity index is 1.90. The van der Waals surface area contributed by atoms with Crippen LogP contribution in [0.3, 0.4) is 0 Å². The first-order valence-electron chi connectivity index (χ1n) is 9.00. The molecule has 0 N–H and O–H groups in total. The van der Waals surface area contributed by atoms with Gasteiger partial charge in [-0.1, -0.05) is 48.5 Å². The molecule has 6 aromatic rings. The Morgan fingerprint density at radius 1 is 0.500 bits per heavy atom.